The molecule has 0 saturated carbocycles. The lowest BCUT2D eigenvalue weighted by Crippen LogP contribution is -2.31. The third-order valence-corrected chi connectivity index (χ3v) is 3.55. The van der Waals surface area contributed by atoms with Crippen LogP contribution >= 0.6 is 0 Å². The van der Waals surface area contributed by atoms with Gasteiger partial charge in [-0.2, -0.15) is 0 Å². The number of nitrogens with one attached hydrogen (secondary N) is 1. The number of carbonyl (C=O) groups is 1. The Bertz CT molecular complexity index is 627. The normalized spacial score (nSPS) is 14.6. The van der Waals surface area contributed by atoms with Gasteiger partial charge < -0.3 is 10.2 Å². The molecule has 0 aromatic carbocycles. The predicted molar refractivity (Wildman–Crippen MR) is 81.3 cm³/mol. The fourth-order valence-corrected chi connectivity index (χ4v) is 2.43. The van der Waals surface area contributed by atoms with E-state index in [4.69, 9.17) is 0 Å². The Hall–Kier alpha value is -2.57. The highest BCUT2D eigenvalue weighted by molar-refractivity contribution is 5.90. The summed E-state index contributed by atoms with van der Waals surface area (Å²) in [5, 5.41) is 2.74. The molecule has 0 atom stereocenters. The van der Waals surface area contributed by atoms with Crippen molar-refractivity contribution >= 4 is 11.7 Å². The van der Waals surface area contributed by atoms with Crippen LogP contribution in [-0.2, 0) is 6.54 Å². The maximum atomic E-state index is 11.9. The van der Waals surface area contributed by atoms with Crippen LogP contribution in [0.25, 0.3) is 0 Å². The molecular formula is C15H18N6O. The first kappa shape index (κ1) is 14.4. The molecule has 7 nitrogen and oxygen atoms in total. The summed E-state index contributed by atoms with van der Waals surface area (Å²) in [6.07, 6.45) is 8.48. The van der Waals surface area contributed by atoms with Crippen LogP contribution in [0.1, 0.15) is 35.7 Å². The molecule has 22 heavy (non-hydrogen) atoms. The second kappa shape index (κ2) is 6.93. The number of aromatic nitrogens is 4. The van der Waals surface area contributed by atoms with Crippen molar-refractivity contribution in [2.45, 2.75) is 25.8 Å². The molecule has 1 fully saturated rings. The van der Waals surface area contributed by atoms with E-state index in [-0.39, 0.29) is 18.3 Å². The second-order valence-electron chi connectivity index (χ2n) is 5.13. The number of anilines is 1. The van der Waals surface area contributed by atoms with Gasteiger partial charge in [0.15, 0.2) is 0 Å². The van der Waals surface area contributed by atoms with Crippen LogP contribution in [0.5, 0.6) is 0 Å². The van der Waals surface area contributed by atoms with Gasteiger partial charge >= 0.3 is 0 Å². The SMILES string of the molecule is O=C(NCc1nccc(N2CCCCC2)n1)c1ncccn1. The monoisotopic (exact) mass is 298 g/mol. The Balaban J connectivity index is 1.62. The van der Waals surface area contributed by atoms with Gasteiger partial charge in [-0.15, -0.1) is 0 Å². The molecule has 1 amide bonds. The van der Waals surface area contributed by atoms with E-state index in [1.54, 1.807) is 12.3 Å². The number of piperidine rings is 1. The maximum absolute atomic E-state index is 11.9. The Morgan fingerprint density at radius 1 is 1.09 bits per heavy atom. The van der Waals surface area contributed by atoms with Crippen LogP contribution in [0, 0.1) is 0 Å². The summed E-state index contributed by atoms with van der Waals surface area (Å²) in [6, 6.07) is 3.58. The Morgan fingerprint density at radius 3 is 2.64 bits per heavy atom. The molecule has 114 valence electrons. The fourth-order valence-electron chi connectivity index (χ4n) is 2.43. The van der Waals surface area contributed by atoms with E-state index in [9.17, 15) is 4.79 Å². The Morgan fingerprint density at radius 2 is 1.86 bits per heavy atom. The van der Waals surface area contributed by atoms with E-state index in [0.29, 0.717) is 5.82 Å². The lowest BCUT2D eigenvalue weighted by molar-refractivity contribution is 0.0939. The molecule has 0 radical (unpaired) electrons. The number of hydrogen-bond donors (Lipinski definition) is 1. The second-order valence-corrected chi connectivity index (χ2v) is 5.13. The molecular weight excluding hydrogens is 280 g/mol. The molecule has 0 bridgehead atoms. The minimum Gasteiger partial charge on any atom is -0.357 e. The smallest absolute Gasteiger partial charge is 0.289 e. The van der Waals surface area contributed by atoms with E-state index >= 15 is 0 Å². The van der Waals surface area contributed by atoms with Crippen molar-refractivity contribution in [1.82, 2.24) is 25.3 Å². The summed E-state index contributed by atoms with van der Waals surface area (Å²) in [5.74, 6) is 1.34. The average Bonchev–Trinajstić information content (AvgIpc) is 2.61. The first-order chi connectivity index (χ1) is 10.8. The topological polar surface area (TPSA) is 83.9 Å². The first-order valence-electron chi connectivity index (χ1n) is 7.45. The van der Waals surface area contributed by atoms with Crippen molar-refractivity contribution in [3.63, 3.8) is 0 Å². The van der Waals surface area contributed by atoms with Crippen molar-refractivity contribution in [1.29, 1.82) is 0 Å². The van der Waals surface area contributed by atoms with Crippen molar-refractivity contribution in [3.8, 4) is 0 Å². The van der Waals surface area contributed by atoms with Crippen molar-refractivity contribution in [2.75, 3.05) is 18.0 Å². The van der Waals surface area contributed by atoms with E-state index < -0.39 is 0 Å². The Kier molecular flexibility index (Phi) is 4.53. The third kappa shape index (κ3) is 3.55. The largest absolute Gasteiger partial charge is 0.357 e. The number of nitrogens with zero attached hydrogens (tertiary/aromatic N) is 5. The summed E-state index contributed by atoms with van der Waals surface area (Å²) in [6.45, 7) is 2.32. The van der Waals surface area contributed by atoms with Crippen LogP contribution in [0.2, 0.25) is 0 Å². The van der Waals surface area contributed by atoms with Crippen LogP contribution < -0.4 is 10.2 Å². The summed E-state index contributed by atoms with van der Waals surface area (Å²) in [5.41, 5.74) is 0. The molecule has 2 aromatic rings. The zero-order chi connectivity index (χ0) is 15.2. The summed E-state index contributed by atoms with van der Waals surface area (Å²) in [7, 11) is 0. The molecule has 7 heteroatoms. The Labute approximate surface area is 128 Å². The standard InChI is InChI=1S/C15H18N6O/c22-15(14-17-6-4-7-18-14)19-11-12-16-8-5-13(20-12)21-9-2-1-3-10-21/h4-8H,1-3,9-11H2,(H,19,22). The molecule has 3 rings (SSSR count). The maximum Gasteiger partial charge on any atom is 0.289 e. The number of hydrogen-bond acceptors (Lipinski definition) is 6. The zero-order valence-corrected chi connectivity index (χ0v) is 12.3. The van der Waals surface area contributed by atoms with E-state index in [0.717, 1.165) is 18.9 Å². The molecule has 2 aromatic heterocycles. The molecule has 0 aliphatic carbocycles. The van der Waals surface area contributed by atoms with Gasteiger partial charge in [0, 0.05) is 31.7 Å². The van der Waals surface area contributed by atoms with E-state index in [2.05, 4.69) is 30.2 Å². The summed E-state index contributed by atoms with van der Waals surface area (Å²) >= 11 is 0. The highest BCUT2D eigenvalue weighted by Gasteiger charge is 2.13. The molecule has 0 unspecified atom stereocenters. The minimum atomic E-state index is -0.326. The van der Waals surface area contributed by atoms with E-state index in [1.165, 1.54) is 31.7 Å². The number of rotatable bonds is 4. The predicted octanol–water partition coefficient (Wildman–Crippen LogP) is 1.19. The van der Waals surface area contributed by atoms with Gasteiger partial charge in [0.2, 0.25) is 5.82 Å². The molecule has 1 N–H and O–H groups in total. The van der Waals surface area contributed by atoms with Crippen LogP contribution in [-0.4, -0.2) is 38.9 Å². The summed E-state index contributed by atoms with van der Waals surface area (Å²) in [4.78, 5) is 30.7. The first-order valence-corrected chi connectivity index (χ1v) is 7.45. The van der Waals surface area contributed by atoms with Gasteiger partial charge in [0.05, 0.1) is 6.54 Å². The highest BCUT2D eigenvalue weighted by atomic mass is 16.2. The van der Waals surface area contributed by atoms with Gasteiger partial charge in [-0.25, -0.2) is 19.9 Å². The number of carbonyl (C=O) groups excluding carboxylic acids is 1. The van der Waals surface area contributed by atoms with Crippen molar-refractivity contribution in [2.24, 2.45) is 0 Å². The molecule has 0 spiro atoms. The summed E-state index contributed by atoms with van der Waals surface area (Å²) < 4.78 is 0. The van der Waals surface area contributed by atoms with Crippen molar-refractivity contribution < 1.29 is 4.79 Å². The molecule has 1 saturated heterocycles. The zero-order valence-electron chi connectivity index (χ0n) is 12.3. The van der Waals surface area contributed by atoms with Gasteiger partial charge in [-0.1, -0.05) is 0 Å². The minimum absolute atomic E-state index is 0.148. The van der Waals surface area contributed by atoms with Gasteiger partial charge in [0.25, 0.3) is 5.91 Å². The van der Waals surface area contributed by atoms with Crippen LogP contribution in [0.4, 0.5) is 5.82 Å². The van der Waals surface area contributed by atoms with Crippen LogP contribution in [0.3, 0.4) is 0 Å². The lowest BCUT2D eigenvalue weighted by atomic mass is 10.1. The lowest BCUT2D eigenvalue weighted by Gasteiger charge is -2.27. The average molecular weight is 298 g/mol. The van der Waals surface area contributed by atoms with Gasteiger partial charge in [-0.05, 0) is 31.4 Å². The van der Waals surface area contributed by atoms with Crippen LogP contribution in [0.15, 0.2) is 30.7 Å². The molecule has 1 aliphatic heterocycles. The van der Waals surface area contributed by atoms with Crippen molar-refractivity contribution in [3.05, 3.63) is 42.4 Å². The number of amides is 1. The van der Waals surface area contributed by atoms with Gasteiger partial charge in [0.1, 0.15) is 11.6 Å². The molecule has 1 aliphatic rings. The quantitative estimate of drug-likeness (QED) is 0.912. The third-order valence-electron chi connectivity index (χ3n) is 3.55. The highest BCUT2D eigenvalue weighted by Crippen LogP contribution is 2.16. The van der Waals surface area contributed by atoms with E-state index in [1.807, 2.05) is 6.07 Å². The van der Waals surface area contributed by atoms with Gasteiger partial charge in [-0.3, -0.25) is 4.79 Å². The molecule has 3 heterocycles. The fraction of sp³-hybridized carbons (Fsp3) is 0.400.